The van der Waals surface area contributed by atoms with Gasteiger partial charge >= 0.3 is 0 Å². The Morgan fingerprint density at radius 1 is 1.30 bits per heavy atom. The summed E-state index contributed by atoms with van der Waals surface area (Å²) in [5.74, 6) is 0.450. The summed E-state index contributed by atoms with van der Waals surface area (Å²) in [6.07, 6.45) is 6.09. The van der Waals surface area contributed by atoms with Gasteiger partial charge in [-0.2, -0.15) is 0 Å². The molecule has 0 aliphatic heterocycles. The molecule has 0 spiro atoms. The van der Waals surface area contributed by atoms with Crippen LogP contribution in [-0.2, 0) is 4.74 Å². The number of ether oxygens (including phenoxy) is 1. The first-order valence-corrected chi connectivity index (χ1v) is 7.80. The van der Waals surface area contributed by atoms with Gasteiger partial charge in [0.25, 0.3) is 0 Å². The van der Waals surface area contributed by atoms with Gasteiger partial charge in [0.2, 0.25) is 0 Å². The Balaban J connectivity index is 2.10. The molecule has 0 bridgehead atoms. The number of rotatable bonds is 6. The highest BCUT2D eigenvalue weighted by Gasteiger charge is 2.28. The van der Waals surface area contributed by atoms with E-state index in [-0.39, 0.29) is 18.0 Å². The van der Waals surface area contributed by atoms with Crippen LogP contribution in [0.4, 0.5) is 4.39 Å². The second-order valence-corrected chi connectivity index (χ2v) is 5.70. The van der Waals surface area contributed by atoms with E-state index in [0.29, 0.717) is 18.0 Å². The van der Waals surface area contributed by atoms with Crippen molar-refractivity contribution in [3.05, 3.63) is 35.6 Å². The third-order valence-corrected chi connectivity index (χ3v) is 4.34. The van der Waals surface area contributed by atoms with Crippen LogP contribution in [0.15, 0.2) is 24.3 Å². The minimum absolute atomic E-state index is 0.170. The summed E-state index contributed by atoms with van der Waals surface area (Å²) < 4.78 is 20.3. The van der Waals surface area contributed by atoms with Gasteiger partial charge in [-0.05, 0) is 31.9 Å². The van der Waals surface area contributed by atoms with Crippen molar-refractivity contribution in [1.82, 2.24) is 5.32 Å². The summed E-state index contributed by atoms with van der Waals surface area (Å²) in [6.45, 7) is 2.87. The van der Waals surface area contributed by atoms with E-state index in [1.165, 1.54) is 25.3 Å². The number of hydrogen-bond acceptors (Lipinski definition) is 2. The van der Waals surface area contributed by atoms with Crippen LogP contribution in [0.2, 0.25) is 0 Å². The molecular weight excluding hydrogens is 253 g/mol. The summed E-state index contributed by atoms with van der Waals surface area (Å²) in [6, 6.07) is 6.95. The van der Waals surface area contributed by atoms with Crippen molar-refractivity contribution in [3.63, 3.8) is 0 Å². The Hall–Kier alpha value is -0.930. The van der Waals surface area contributed by atoms with Crippen LogP contribution in [0.1, 0.15) is 50.7 Å². The lowest BCUT2D eigenvalue weighted by Gasteiger charge is -2.34. The van der Waals surface area contributed by atoms with E-state index in [4.69, 9.17) is 4.74 Å². The van der Waals surface area contributed by atoms with E-state index in [0.717, 1.165) is 12.8 Å². The Bertz CT molecular complexity index is 410. The average Bonchev–Trinajstić information content (AvgIpc) is 2.48. The van der Waals surface area contributed by atoms with Gasteiger partial charge in [0.15, 0.2) is 0 Å². The average molecular weight is 279 g/mol. The Labute approximate surface area is 121 Å². The Morgan fingerprint density at radius 3 is 2.75 bits per heavy atom. The molecule has 3 heteroatoms. The molecule has 0 amide bonds. The van der Waals surface area contributed by atoms with Crippen molar-refractivity contribution in [2.45, 2.75) is 51.2 Å². The summed E-state index contributed by atoms with van der Waals surface area (Å²) >= 11 is 0. The van der Waals surface area contributed by atoms with Crippen molar-refractivity contribution < 1.29 is 9.13 Å². The summed E-state index contributed by atoms with van der Waals surface area (Å²) in [4.78, 5) is 0. The molecule has 2 rings (SSSR count). The topological polar surface area (TPSA) is 21.3 Å². The second-order valence-electron chi connectivity index (χ2n) is 5.70. The van der Waals surface area contributed by atoms with E-state index >= 15 is 0 Å². The molecule has 112 valence electrons. The molecule has 1 aliphatic carbocycles. The molecule has 1 fully saturated rings. The molecule has 1 N–H and O–H groups in total. The van der Waals surface area contributed by atoms with E-state index in [2.05, 4.69) is 12.2 Å². The van der Waals surface area contributed by atoms with Gasteiger partial charge < -0.3 is 10.1 Å². The van der Waals surface area contributed by atoms with E-state index < -0.39 is 0 Å². The molecule has 3 atom stereocenters. The van der Waals surface area contributed by atoms with Crippen LogP contribution < -0.4 is 5.32 Å². The smallest absolute Gasteiger partial charge is 0.129 e. The number of likely N-dealkylation sites (N-methyl/N-ethyl adjacent to an activating group) is 1. The van der Waals surface area contributed by atoms with Crippen LogP contribution in [0, 0.1) is 11.7 Å². The Morgan fingerprint density at radius 2 is 2.05 bits per heavy atom. The first-order valence-electron chi connectivity index (χ1n) is 7.80. The maximum Gasteiger partial charge on any atom is 0.129 e. The molecule has 2 nitrogen and oxygen atoms in total. The molecule has 0 aromatic heterocycles. The summed E-state index contributed by atoms with van der Waals surface area (Å²) in [7, 11) is 1.88. The quantitative estimate of drug-likeness (QED) is 0.847. The van der Waals surface area contributed by atoms with Gasteiger partial charge in [0.1, 0.15) is 5.82 Å². The largest absolute Gasteiger partial charge is 0.369 e. The van der Waals surface area contributed by atoms with Crippen molar-refractivity contribution in [2.24, 2.45) is 5.92 Å². The van der Waals surface area contributed by atoms with Gasteiger partial charge in [0, 0.05) is 12.1 Å². The van der Waals surface area contributed by atoms with Crippen LogP contribution in [-0.4, -0.2) is 19.7 Å². The number of benzene rings is 1. The van der Waals surface area contributed by atoms with Crippen LogP contribution >= 0.6 is 0 Å². The fourth-order valence-electron chi connectivity index (χ4n) is 3.18. The monoisotopic (exact) mass is 279 g/mol. The van der Waals surface area contributed by atoms with E-state index in [1.807, 2.05) is 19.2 Å². The van der Waals surface area contributed by atoms with Gasteiger partial charge in [0.05, 0.1) is 12.2 Å². The highest BCUT2D eigenvalue weighted by atomic mass is 19.1. The first kappa shape index (κ1) is 15.5. The van der Waals surface area contributed by atoms with Crippen molar-refractivity contribution >= 4 is 0 Å². The molecule has 1 aliphatic rings. The summed E-state index contributed by atoms with van der Waals surface area (Å²) in [5, 5.41) is 3.12. The zero-order valence-corrected chi connectivity index (χ0v) is 12.6. The SMILES string of the molecule is CCC1CCCCC1OC(CNC)c1ccccc1F. The Kier molecular flexibility index (Phi) is 5.99. The van der Waals surface area contributed by atoms with E-state index in [1.54, 1.807) is 6.07 Å². The molecule has 1 aromatic rings. The second kappa shape index (κ2) is 7.75. The molecule has 1 aromatic carbocycles. The lowest BCUT2D eigenvalue weighted by atomic mass is 9.84. The highest BCUT2D eigenvalue weighted by Crippen LogP contribution is 2.33. The zero-order chi connectivity index (χ0) is 14.4. The van der Waals surface area contributed by atoms with Gasteiger partial charge in [-0.15, -0.1) is 0 Å². The minimum Gasteiger partial charge on any atom is -0.369 e. The fourth-order valence-corrected chi connectivity index (χ4v) is 3.18. The molecular formula is C17H26FNO. The predicted molar refractivity (Wildman–Crippen MR) is 80.2 cm³/mol. The molecule has 0 saturated heterocycles. The van der Waals surface area contributed by atoms with E-state index in [9.17, 15) is 4.39 Å². The van der Waals surface area contributed by atoms with Gasteiger partial charge in [-0.1, -0.05) is 44.4 Å². The van der Waals surface area contributed by atoms with Crippen LogP contribution in [0.25, 0.3) is 0 Å². The maximum absolute atomic E-state index is 14.0. The zero-order valence-electron chi connectivity index (χ0n) is 12.6. The molecule has 0 heterocycles. The molecule has 0 radical (unpaired) electrons. The minimum atomic E-state index is -0.196. The maximum atomic E-state index is 14.0. The fraction of sp³-hybridized carbons (Fsp3) is 0.647. The lowest BCUT2D eigenvalue weighted by Crippen LogP contribution is -2.32. The molecule has 3 unspecified atom stereocenters. The number of halogens is 1. The third-order valence-electron chi connectivity index (χ3n) is 4.34. The standard InChI is InChI=1S/C17H26FNO/c1-3-13-8-4-7-11-16(13)20-17(12-19-2)14-9-5-6-10-15(14)18/h5-6,9-10,13,16-17,19H,3-4,7-8,11-12H2,1-2H3. The molecule has 20 heavy (non-hydrogen) atoms. The third kappa shape index (κ3) is 3.80. The lowest BCUT2D eigenvalue weighted by molar-refractivity contribution is -0.0621. The summed E-state index contributed by atoms with van der Waals surface area (Å²) in [5.41, 5.74) is 0.669. The van der Waals surface area contributed by atoms with Crippen LogP contribution in [0.3, 0.4) is 0 Å². The van der Waals surface area contributed by atoms with Gasteiger partial charge in [-0.25, -0.2) is 4.39 Å². The number of hydrogen-bond donors (Lipinski definition) is 1. The van der Waals surface area contributed by atoms with Crippen LogP contribution in [0.5, 0.6) is 0 Å². The molecule has 1 saturated carbocycles. The van der Waals surface area contributed by atoms with Gasteiger partial charge in [-0.3, -0.25) is 0 Å². The predicted octanol–water partition coefficient (Wildman–Crippen LogP) is 4.07. The number of nitrogens with one attached hydrogen (secondary N) is 1. The normalized spacial score (nSPS) is 24.6. The van der Waals surface area contributed by atoms with Crippen molar-refractivity contribution in [2.75, 3.05) is 13.6 Å². The first-order chi connectivity index (χ1) is 9.76. The van der Waals surface area contributed by atoms with Crippen molar-refractivity contribution in [1.29, 1.82) is 0 Å². The van der Waals surface area contributed by atoms with Crippen molar-refractivity contribution in [3.8, 4) is 0 Å². The highest BCUT2D eigenvalue weighted by molar-refractivity contribution is 5.20.